The van der Waals surface area contributed by atoms with Crippen LogP contribution in [0, 0.1) is 10.1 Å². The first-order valence-corrected chi connectivity index (χ1v) is 24.2. The van der Waals surface area contributed by atoms with E-state index in [0.29, 0.717) is 6.61 Å². The van der Waals surface area contributed by atoms with E-state index in [4.69, 9.17) is 4.74 Å². The second-order valence-electron chi connectivity index (χ2n) is 6.95. The fourth-order valence-corrected chi connectivity index (χ4v) is 3.64. The van der Waals surface area contributed by atoms with Crippen molar-refractivity contribution in [2.45, 2.75) is 25.7 Å². The molecule has 0 amide bonds. The molecule has 0 spiro atoms. The molecule has 10 heteroatoms. The van der Waals surface area contributed by atoms with Gasteiger partial charge in [-0.05, 0) is 23.3 Å². The molecule has 1 heterocycles. The Morgan fingerprint density at radius 2 is 1.51 bits per heavy atom. The molecule has 4 rings (SSSR count). The molecule has 3 aromatic rings. The van der Waals surface area contributed by atoms with Crippen LogP contribution in [0.1, 0.15) is 42.4 Å². The zero-order valence-electron chi connectivity index (χ0n) is 19.9. The molecule has 190 valence electrons. The van der Waals surface area contributed by atoms with E-state index in [0.717, 1.165) is 22.4 Å². The van der Waals surface area contributed by atoms with Crippen LogP contribution in [0.5, 0.6) is 11.5 Å². The number of para-hydroxylation sites is 1. The van der Waals surface area contributed by atoms with Crippen LogP contribution < -0.4 is 4.74 Å². The van der Waals surface area contributed by atoms with Gasteiger partial charge in [0.2, 0.25) is 0 Å². The number of nitro groups is 1. The predicted octanol–water partition coefficient (Wildman–Crippen LogP) is 8.55. The van der Waals surface area contributed by atoms with E-state index in [1.54, 1.807) is 20.3 Å². The van der Waals surface area contributed by atoms with E-state index in [2.05, 4.69) is 64.7 Å². The molecule has 0 fully saturated rings. The standard InChI is InChI=1S/C21H17NO4.C2H6O.C2H6.3HI.V/c23-19-11-10-15(12-18(19)22(24)25)21-16-8-4-5-9-20(16)26-13-17(21)14-6-2-1-3-7-14;1-3-2;1-2;;;;/h1-12,17,21,23H,13H2;1-2H3;1-2H3;3*1H;/q;;;;;;+3/p-3. The number of aromatic hydroxyl groups is 1. The molecule has 2 unspecified atom stereocenters. The summed E-state index contributed by atoms with van der Waals surface area (Å²) in [5, 5.41) is 21.1. The molecule has 1 N–H and O–H groups in total. The van der Waals surface area contributed by atoms with E-state index in [-0.39, 0.29) is 28.2 Å². The molecule has 0 aromatic heterocycles. The number of hydrogen-bond acceptors (Lipinski definition) is 5. The van der Waals surface area contributed by atoms with Gasteiger partial charge in [0, 0.05) is 37.7 Å². The molecule has 0 aliphatic carbocycles. The Morgan fingerprint density at radius 1 is 0.971 bits per heavy atom. The summed E-state index contributed by atoms with van der Waals surface area (Å²) in [7, 11) is 3.25. The maximum atomic E-state index is 11.3. The number of hydrogen-bond donors (Lipinski definition) is 1. The second kappa shape index (κ2) is 17.8. The average molecular weight is 855 g/mol. The van der Waals surface area contributed by atoms with Gasteiger partial charge < -0.3 is 14.6 Å². The first-order chi connectivity index (χ1) is 16.8. The van der Waals surface area contributed by atoms with Gasteiger partial charge in [-0.2, -0.15) is 0 Å². The van der Waals surface area contributed by atoms with Crippen molar-refractivity contribution in [3.05, 3.63) is 99.6 Å². The van der Waals surface area contributed by atoms with Crippen molar-refractivity contribution >= 4 is 65.6 Å². The summed E-state index contributed by atoms with van der Waals surface area (Å²) in [5.74, 6) is 0.396. The minimum atomic E-state index is -0.554. The number of ether oxygens (including phenoxy) is 2. The van der Waals surface area contributed by atoms with Crippen molar-refractivity contribution in [2.75, 3.05) is 20.8 Å². The van der Waals surface area contributed by atoms with Crippen LogP contribution in [-0.4, -0.2) is 30.9 Å². The van der Waals surface area contributed by atoms with Gasteiger partial charge in [-0.15, -0.1) is 0 Å². The summed E-state index contributed by atoms with van der Waals surface area (Å²) < 4.78 is 10.2. The van der Waals surface area contributed by atoms with Crippen molar-refractivity contribution in [3.8, 4) is 11.5 Å². The number of methoxy groups -OCH3 is 1. The van der Waals surface area contributed by atoms with Gasteiger partial charge in [0.05, 0.1) is 11.5 Å². The molecule has 1 aliphatic heterocycles. The third-order valence-corrected chi connectivity index (χ3v) is 4.86. The summed E-state index contributed by atoms with van der Waals surface area (Å²) in [6.45, 7) is 4.49. The Balaban J connectivity index is 0.000000597. The quantitative estimate of drug-likeness (QED) is 0.162. The van der Waals surface area contributed by atoms with Crippen LogP contribution in [0.15, 0.2) is 72.8 Å². The topological polar surface area (TPSA) is 81.8 Å². The first-order valence-electron chi connectivity index (χ1n) is 10.7. The Morgan fingerprint density at radius 3 is 2.09 bits per heavy atom. The van der Waals surface area contributed by atoms with Gasteiger partial charge >= 0.3 is 70.5 Å². The number of nitro benzene ring substituents is 1. The van der Waals surface area contributed by atoms with Gasteiger partial charge in [-0.25, -0.2) is 0 Å². The molecule has 35 heavy (non-hydrogen) atoms. The SMILES string of the molecule is CC.COC.O=[N+]([O-])c1cc(C2c3ccccc3OCC2c2ccccc2)ccc1O.[I][V]([I])[I]. The fraction of sp³-hybridized carbons (Fsp3) is 0.280. The van der Waals surface area contributed by atoms with Crippen LogP contribution in [0.25, 0.3) is 0 Å². The van der Waals surface area contributed by atoms with Gasteiger partial charge in [-0.1, -0.05) is 68.4 Å². The van der Waals surface area contributed by atoms with E-state index in [1.807, 2.05) is 68.4 Å². The number of nitrogens with zero attached hydrogens (tertiary/aromatic N) is 1. The number of halogens is 3. The molecule has 1 aliphatic rings. The molecular weight excluding hydrogens is 826 g/mol. The summed E-state index contributed by atoms with van der Waals surface area (Å²) >= 11 is 7.39. The average Bonchev–Trinajstić information content (AvgIpc) is 2.85. The molecule has 6 nitrogen and oxygen atoms in total. The Labute approximate surface area is 245 Å². The summed E-state index contributed by atoms with van der Waals surface area (Å²) in [4.78, 5) is 10.4. The molecule has 0 bridgehead atoms. The van der Waals surface area contributed by atoms with Crippen molar-refractivity contribution in [1.82, 2.24) is 0 Å². The second-order valence-corrected chi connectivity index (χ2v) is 42.3. The van der Waals surface area contributed by atoms with E-state index >= 15 is 0 Å². The van der Waals surface area contributed by atoms with Gasteiger partial charge in [0.15, 0.2) is 5.75 Å². The third-order valence-electron chi connectivity index (χ3n) is 4.86. The van der Waals surface area contributed by atoms with Crippen molar-refractivity contribution in [1.29, 1.82) is 0 Å². The number of phenolic OH excluding ortho intramolecular Hbond substituents is 1. The molecule has 2 atom stereocenters. The molecule has 3 aromatic carbocycles. The Kier molecular flexibility index (Phi) is 16.5. The minimum absolute atomic E-state index is 0.0234. The van der Waals surface area contributed by atoms with Crippen LogP contribution in [0.3, 0.4) is 0 Å². The molecular formula is C25H29I3NO5V. The zero-order chi connectivity index (χ0) is 26.4. The molecule has 0 radical (unpaired) electrons. The van der Waals surface area contributed by atoms with Crippen LogP contribution in [0.4, 0.5) is 5.69 Å². The summed E-state index contributed by atoms with van der Waals surface area (Å²) in [6.07, 6.45) is 0. The number of rotatable bonds is 3. The number of phenols is 1. The number of fused-ring (bicyclic) bond motifs is 1. The van der Waals surface area contributed by atoms with E-state index in [1.165, 1.54) is 12.1 Å². The van der Waals surface area contributed by atoms with Crippen molar-refractivity contribution < 1.29 is 24.4 Å². The first kappa shape index (κ1) is 32.4. The molecule has 0 saturated heterocycles. The Hall–Kier alpha value is -0.606. The van der Waals surface area contributed by atoms with E-state index < -0.39 is 4.92 Å². The predicted molar refractivity (Wildman–Crippen MR) is 164 cm³/mol. The van der Waals surface area contributed by atoms with Crippen LogP contribution in [0.2, 0.25) is 0 Å². The van der Waals surface area contributed by atoms with E-state index in [9.17, 15) is 15.2 Å². The van der Waals surface area contributed by atoms with Crippen molar-refractivity contribution in [3.63, 3.8) is 0 Å². The monoisotopic (exact) mass is 855 g/mol. The Bertz CT molecular complexity index is 1040. The normalized spacial score (nSPS) is 15.5. The zero-order valence-corrected chi connectivity index (χ0v) is 27.8. The fourth-order valence-electron chi connectivity index (χ4n) is 3.64. The van der Waals surface area contributed by atoms with Crippen LogP contribution in [-0.2, 0) is 9.66 Å². The van der Waals surface area contributed by atoms with Gasteiger partial charge in [0.25, 0.3) is 0 Å². The van der Waals surface area contributed by atoms with Gasteiger partial charge in [0.1, 0.15) is 5.75 Å². The number of benzene rings is 3. The van der Waals surface area contributed by atoms with Crippen LogP contribution >= 0.6 is 59.9 Å². The third kappa shape index (κ3) is 10.3. The molecule has 0 saturated carbocycles. The summed E-state index contributed by atoms with van der Waals surface area (Å²) in [5.41, 5.74) is 2.62. The van der Waals surface area contributed by atoms with Crippen molar-refractivity contribution in [2.24, 2.45) is 0 Å². The summed E-state index contributed by atoms with van der Waals surface area (Å²) in [6, 6.07) is 22.4. The maximum absolute atomic E-state index is 11.3. The van der Waals surface area contributed by atoms with Gasteiger partial charge in [-0.3, -0.25) is 10.1 Å².